The Morgan fingerprint density at radius 2 is 2.24 bits per heavy atom. The van der Waals surface area contributed by atoms with Gasteiger partial charge < -0.3 is 19.7 Å². The number of amides is 1. The maximum Gasteiger partial charge on any atom is 0.265 e. The fourth-order valence-electron chi connectivity index (χ4n) is 2.69. The minimum Gasteiger partial charge on any atom is -0.490 e. The third-order valence-corrected chi connectivity index (χ3v) is 3.77. The van der Waals surface area contributed by atoms with Gasteiger partial charge in [0.25, 0.3) is 5.91 Å². The van der Waals surface area contributed by atoms with Gasteiger partial charge in [-0.1, -0.05) is 6.08 Å². The molecule has 1 aromatic rings. The Bertz CT molecular complexity index is 538. The number of hydrogen-bond acceptors (Lipinski definition) is 4. The summed E-state index contributed by atoms with van der Waals surface area (Å²) in [4.78, 5) is 13.6. The summed E-state index contributed by atoms with van der Waals surface area (Å²) in [6.07, 6.45) is 3.96. The number of piperidine rings is 1. The van der Waals surface area contributed by atoms with E-state index in [4.69, 9.17) is 9.47 Å². The van der Waals surface area contributed by atoms with Gasteiger partial charge >= 0.3 is 0 Å². The summed E-state index contributed by atoms with van der Waals surface area (Å²) >= 11 is 0. The standard InChI is InChI=1S/C16H20N2O3/c1-2-9-18-14-10-13(21-12-5-7-17-8-6-12)3-4-15(14)20-11-16(18)19/h2-4,10,12,17H,1,5-9,11H2. The number of nitrogens with one attached hydrogen (secondary N) is 1. The fraction of sp³-hybridized carbons (Fsp3) is 0.438. The van der Waals surface area contributed by atoms with Crippen molar-refractivity contribution < 1.29 is 14.3 Å². The largest absolute Gasteiger partial charge is 0.490 e. The van der Waals surface area contributed by atoms with Crippen LogP contribution in [0.15, 0.2) is 30.9 Å². The van der Waals surface area contributed by atoms with E-state index in [-0.39, 0.29) is 18.6 Å². The summed E-state index contributed by atoms with van der Waals surface area (Å²) in [5, 5.41) is 3.32. The minimum atomic E-state index is -0.0542. The molecule has 2 aliphatic heterocycles. The predicted octanol–water partition coefficient (Wildman–Crippen LogP) is 1.73. The first-order chi connectivity index (χ1) is 10.3. The van der Waals surface area contributed by atoms with Crippen LogP contribution in [0.25, 0.3) is 0 Å². The van der Waals surface area contributed by atoms with Gasteiger partial charge in [-0.05, 0) is 38.1 Å². The Labute approximate surface area is 124 Å². The Kier molecular flexibility index (Phi) is 4.10. The van der Waals surface area contributed by atoms with E-state index >= 15 is 0 Å². The number of nitrogens with zero attached hydrogens (tertiary/aromatic N) is 1. The lowest BCUT2D eigenvalue weighted by atomic mass is 10.1. The van der Waals surface area contributed by atoms with Gasteiger partial charge in [0.05, 0.1) is 5.69 Å². The lowest BCUT2D eigenvalue weighted by Gasteiger charge is -2.30. The molecule has 2 aliphatic rings. The zero-order chi connectivity index (χ0) is 14.7. The molecule has 112 valence electrons. The van der Waals surface area contributed by atoms with Crippen LogP contribution in [-0.4, -0.2) is 38.3 Å². The van der Waals surface area contributed by atoms with Crippen LogP contribution in [0.2, 0.25) is 0 Å². The van der Waals surface area contributed by atoms with Gasteiger partial charge in [0, 0.05) is 12.6 Å². The smallest absolute Gasteiger partial charge is 0.265 e. The second-order valence-corrected chi connectivity index (χ2v) is 5.28. The first-order valence-electron chi connectivity index (χ1n) is 7.33. The molecule has 0 aromatic heterocycles. The van der Waals surface area contributed by atoms with Crippen LogP contribution in [0.5, 0.6) is 11.5 Å². The Morgan fingerprint density at radius 1 is 1.43 bits per heavy atom. The fourth-order valence-corrected chi connectivity index (χ4v) is 2.69. The van der Waals surface area contributed by atoms with Crippen molar-refractivity contribution in [3.8, 4) is 11.5 Å². The number of fused-ring (bicyclic) bond motifs is 1. The average molecular weight is 288 g/mol. The molecule has 1 saturated heterocycles. The summed E-state index contributed by atoms with van der Waals surface area (Å²) in [6, 6.07) is 5.66. The molecule has 1 amide bonds. The molecule has 2 heterocycles. The van der Waals surface area contributed by atoms with Crippen LogP contribution in [0.1, 0.15) is 12.8 Å². The molecular weight excluding hydrogens is 268 g/mol. The van der Waals surface area contributed by atoms with Crippen molar-refractivity contribution in [2.24, 2.45) is 0 Å². The Hall–Kier alpha value is -2.01. The second kappa shape index (κ2) is 6.18. The van der Waals surface area contributed by atoms with Crippen LogP contribution in [0, 0.1) is 0 Å². The normalized spacial score (nSPS) is 18.9. The van der Waals surface area contributed by atoms with E-state index in [1.165, 1.54) is 0 Å². The average Bonchev–Trinajstić information content (AvgIpc) is 2.51. The van der Waals surface area contributed by atoms with Crippen molar-refractivity contribution in [3.63, 3.8) is 0 Å². The molecule has 0 radical (unpaired) electrons. The van der Waals surface area contributed by atoms with Crippen LogP contribution in [0.3, 0.4) is 0 Å². The van der Waals surface area contributed by atoms with Gasteiger partial charge in [-0.25, -0.2) is 0 Å². The number of anilines is 1. The van der Waals surface area contributed by atoms with Crippen molar-refractivity contribution in [2.45, 2.75) is 18.9 Å². The summed E-state index contributed by atoms with van der Waals surface area (Å²) in [5.74, 6) is 1.45. The molecule has 0 spiro atoms. The molecule has 21 heavy (non-hydrogen) atoms. The molecule has 1 fully saturated rings. The first kappa shape index (κ1) is 13.9. The van der Waals surface area contributed by atoms with Crippen LogP contribution in [0.4, 0.5) is 5.69 Å². The molecule has 0 unspecified atom stereocenters. The number of benzene rings is 1. The van der Waals surface area contributed by atoms with Crippen LogP contribution >= 0.6 is 0 Å². The molecule has 5 nitrogen and oxygen atoms in total. The second-order valence-electron chi connectivity index (χ2n) is 5.28. The number of hydrogen-bond donors (Lipinski definition) is 1. The van der Waals surface area contributed by atoms with Gasteiger partial charge in [-0.15, -0.1) is 6.58 Å². The third kappa shape index (κ3) is 3.03. The quantitative estimate of drug-likeness (QED) is 0.857. The number of carbonyl (C=O) groups excluding carboxylic acids is 1. The lowest BCUT2D eigenvalue weighted by Crippen LogP contribution is -2.39. The molecular formula is C16H20N2O3. The molecule has 1 N–H and O–H groups in total. The summed E-state index contributed by atoms with van der Waals surface area (Å²) in [7, 11) is 0. The van der Waals surface area contributed by atoms with Crippen molar-refractivity contribution in [1.29, 1.82) is 0 Å². The van der Waals surface area contributed by atoms with Gasteiger partial charge in [0.2, 0.25) is 0 Å². The van der Waals surface area contributed by atoms with Gasteiger partial charge in [0.1, 0.15) is 17.6 Å². The highest BCUT2D eigenvalue weighted by Gasteiger charge is 2.25. The van der Waals surface area contributed by atoms with E-state index in [0.29, 0.717) is 12.3 Å². The number of rotatable bonds is 4. The molecule has 5 heteroatoms. The monoisotopic (exact) mass is 288 g/mol. The highest BCUT2D eigenvalue weighted by molar-refractivity contribution is 5.98. The zero-order valence-corrected chi connectivity index (χ0v) is 12.0. The van der Waals surface area contributed by atoms with E-state index in [1.54, 1.807) is 11.0 Å². The van der Waals surface area contributed by atoms with Crippen molar-refractivity contribution in [1.82, 2.24) is 5.32 Å². The zero-order valence-electron chi connectivity index (χ0n) is 12.0. The van der Waals surface area contributed by atoms with E-state index in [1.807, 2.05) is 18.2 Å². The highest BCUT2D eigenvalue weighted by atomic mass is 16.5. The topological polar surface area (TPSA) is 50.8 Å². The van der Waals surface area contributed by atoms with E-state index < -0.39 is 0 Å². The number of carbonyl (C=O) groups is 1. The third-order valence-electron chi connectivity index (χ3n) is 3.77. The SMILES string of the molecule is C=CCN1C(=O)COc2ccc(OC3CCNCC3)cc21. The molecule has 1 aromatic carbocycles. The van der Waals surface area contributed by atoms with Crippen molar-refractivity contribution in [2.75, 3.05) is 31.1 Å². The van der Waals surface area contributed by atoms with Gasteiger partial charge in [-0.2, -0.15) is 0 Å². The van der Waals surface area contributed by atoms with Crippen LogP contribution < -0.4 is 19.7 Å². The summed E-state index contributed by atoms with van der Waals surface area (Å²) in [5.41, 5.74) is 0.762. The molecule has 0 bridgehead atoms. The molecule has 0 atom stereocenters. The Morgan fingerprint density at radius 3 is 3.00 bits per heavy atom. The molecule has 0 aliphatic carbocycles. The first-order valence-corrected chi connectivity index (χ1v) is 7.33. The molecule has 3 rings (SSSR count). The van der Waals surface area contributed by atoms with Crippen LogP contribution in [-0.2, 0) is 4.79 Å². The number of ether oxygens (including phenoxy) is 2. The summed E-state index contributed by atoms with van der Waals surface area (Å²) in [6.45, 7) is 6.23. The van der Waals surface area contributed by atoms with E-state index in [9.17, 15) is 4.79 Å². The molecule has 0 saturated carbocycles. The predicted molar refractivity (Wildman–Crippen MR) is 81.0 cm³/mol. The van der Waals surface area contributed by atoms with Gasteiger partial charge in [-0.3, -0.25) is 4.79 Å². The highest BCUT2D eigenvalue weighted by Crippen LogP contribution is 2.35. The van der Waals surface area contributed by atoms with Gasteiger partial charge in [0.15, 0.2) is 6.61 Å². The lowest BCUT2D eigenvalue weighted by molar-refractivity contribution is -0.121. The van der Waals surface area contributed by atoms with E-state index in [0.717, 1.165) is 37.4 Å². The van der Waals surface area contributed by atoms with E-state index in [2.05, 4.69) is 11.9 Å². The minimum absolute atomic E-state index is 0.0542. The van der Waals surface area contributed by atoms with Crippen molar-refractivity contribution in [3.05, 3.63) is 30.9 Å². The maximum absolute atomic E-state index is 12.0. The summed E-state index contributed by atoms with van der Waals surface area (Å²) < 4.78 is 11.5. The van der Waals surface area contributed by atoms with Crippen molar-refractivity contribution >= 4 is 11.6 Å². The maximum atomic E-state index is 12.0. The Balaban J connectivity index is 1.81.